The highest BCUT2D eigenvalue weighted by atomic mass is 32.1. The Labute approximate surface area is 125 Å². The molecule has 2 N–H and O–H groups in total. The van der Waals surface area contributed by atoms with E-state index < -0.39 is 23.3 Å². The van der Waals surface area contributed by atoms with Gasteiger partial charge in [-0.1, -0.05) is 17.8 Å². The summed E-state index contributed by atoms with van der Waals surface area (Å²) in [7, 11) is 0. The summed E-state index contributed by atoms with van der Waals surface area (Å²) >= 11 is 4.82. The zero-order valence-corrected chi connectivity index (χ0v) is 13.0. The standard InChI is InChI=1S/C11H15N3O4S2/c1-11(2,3)18-7(15)4-17-14-8(9(16)19)6-5-20-10(12)13-6/h5H,4H2,1-3H3,(H2,12,13)(H,16,19)/b14-8-. The molecule has 0 saturated heterocycles. The summed E-state index contributed by atoms with van der Waals surface area (Å²) in [5.41, 5.74) is 4.98. The molecular formula is C11H15N3O4S2. The fraction of sp³-hybridized carbons (Fsp3) is 0.455. The Bertz CT molecular complexity index is 534. The van der Waals surface area contributed by atoms with E-state index in [2.05, 4.69) is 22.8 Å². The molecule has 20 heavy (non-hydrogen) atoms. The Morgan fingerprint density at radius 2 is 2.15 bits per heavy atom. The highest BCUT2D eigenvalue weighted by Crippen LogP contribution is 2.13. The Balaban J connectivity index is 2.66. The van der Waals surface area contributed by atoms with Gasteiger partial charge in [0.2, 0.25) is 11.7 Å². The third kappa shape index (κ3) is 5.57. The lowest BCUT2D eigenvalue weighted by Gasteiger charge is -2.18. The normalized spacial score (nSPS) is 12.1. The lowest BCUT2D eigenvalue weighted by molar-refractivity contribution is -0.160. The van der Waals surface area contributed by atoms with Crippen LogP contribution in [0.2, 0.25) is 0 Å². The first kappa shape index (κ1) is 16.4. The highest BCUT2D eigenvalue weighted by Gasteiger charge is 2.18. The van der Waals surface area contributed by atoms with Crippen LogP contribution in [-0.4, -0.2) is 34.0 Å². The van der Waals surface area contributed by atoms with Crippen LogP contribution in [0.1, 0.15) is 26.5 Å². The molecular weight excluding hydrogens is 302 g/mol. The monoisotopic (exact) mass is 317 g/mol. The van der Waals surface area contributed by atoms with Crippen molar-refractivity contribution in [3.63, 3.8) is 0 Å². The average molecular weight is 317 g/mol. The minimum absolute atomic E-state index is 0.121. The van der Waals surface area contributed by atoms with E-state index in [1.807, 2.05) is 0 Å². The quantitative estimate of drug-likeness (QED) is 0.366. The molecule has 1 rings (SSSR count). The topological polar surface area (TPSA) is 104 Å². The first-order valence-electron chi connectivity index (χ1n) is 5.55. The van der Waals surface area contributed by atoms with Crippen molar-refractivity contribution in [2.75, 3.05) is 12.3 Å². The van der Waals surface area contributed by atoms with Crippen molar-refractivity contribution in [1.82, 2.24) is 4.98 Å². The number of nitrogens with two attached hydrogens (primary N) is 1. The Kier molecular flexibility index (Phi) is 5.52. The predicted molar refractivity (Wildman–Crippen MR) is 78.9 cm³/mol. The number of rotatable bonds is 5. The first-order chi connectivity index (χ1) is 9.19. The second-order valence-electron chi connectivity index (χ2n) is 4.68. The van der Waals surface area contributed by atoms with Gasteiger partial charge in [0.1, 0.15) is 11.3 Å². The number of thiazole rings is 1. The molecule has 0 atom stereocenters. The maximum Gasteiger partial charge on any atom is 0.347 e. The number of ether oxygens (including phenoxy) is 1. The molecule has 1 heterocycles. The number of hydrogen-bond acceptors (Lipinski definition) is 8. The molecule has 7 nitrogen and oxygen atoms in total. The van der Waals surface area contributed by atoms with Gasteiger partial charge in [-0.2, -0.15) is 0 Å². The zero-order chi connectivity index (χ0) is 15.3. The van der Waals surface area contributed by atoms with Crippen LogP contribution >= 0.6 is 24.0 Å². The number of hydrogen-bond donors (Lipinski definition) is 2. The van der Waals surface area contributed by atoms with Crippen LogP contribution in [0.25, 0.3) is 0 Å². The van der Waals surface area contributed by atoms with Crippen molar-refractivity contribution >= 4 is 45.9 Å². The summed E-state index contributed by atoms with van der Waals surface area (Å²) in [6.45, 7) is 4.78. The van der Waals surface area contributed by atoms with Gasteiger partial charge in [0.05, 0.1) is 0 Å². The molecule has 0 aromatic carbocycles. The molecule has 0 amide bonds. The molecule has 0 aliphatic heterocycles. The number of anilines is 1. The maximum atomic E-state index is 11.4. The van der Waals surface area contributed by atoms with Crippen LogP contribution in [-0.2, 0) is 19.2 Å². The molecule has 0 aliphatic carbocycles. The van der Waals surface area contributed by atoms with Gasteiger partial charge in [0, 0.05) is 5.38 Å². The molecule has 1 aromatic heterocycles. The molecule has 0 bridgehead atoms. The molecule has 0 aliphatic rings. The number of esters is 1. The number of thiol groups is 1. The van der Waals surface area contributed by atoms with Gasteiger partial charge in [-0.3, -0.25) is 4.79 Å². The van der Waals surface area contributed by atoms with E-state index >= 15 is 0 Å². The van der Waals surface area contributed by atoms with Gasteiger partial charge in [-0.05, 0) is 20.8 Å². The fourth-order valence-electron chi connectivity index (χ4n) is 1.11. The number of nitrogens with zero attached hydrogens (tertiary/aromatic N) is 2. The largest absolute Gasteiger partial charge is 0.457 e. The van der Waals surface area contributed by atoms with Crippen LogP contribution in [0.3, 0.4) is 0 Å². The Morgan fingerprint density at radius 1 is 1.50 bits per heavy atom. The van der Waals surface area contributed by atoms with Crippen molar-refractivity contribution in [2.24, 2.45) is 5.16 Å². The summed E-state index contributed by atoms with van der Waals surface area (Å²) in [6, 6.07) is 0. The van der Waals surface area contributed by atoms with Gasteiger partial charge >= 0.3 is 5.97 Å². The summed E-state index contributed by atoms with van der Waals surface area (Å²) in [5, 5.41) is 4.74. The van der Waals surface area contributed by atoms with Crippen molar-refractivity contribution in [3.8, 4) is 0 Å². The third-order valence-corrected chi connectivity index (χ3v) is 2.61. The number of nitrogen functional groups attached to an aromatic ring is 1. The van der Waals surface area contributed by atoms with Crippen molar-refractivity contribution in [1.29, 1.82) is 0 Å². The predicted octanol–water partition coefficient (Wildman–Crippen LogP) is 1.24. The smallest absolute Gasteiger partial charge is 0.347 e. The van der Waals surface area contributed by atoms with Crippen LogP contribution in [0.15, 0.2) is 10.5 Å². The van der Waals surface area contributed by atoms with Gasteiger partial charge < -0.3 is 15.3 Å². The van der Waals surface area contributed by atoms with E-state index in [0.717, 1.165) is 11.3 Å². The number of carbonyl (C=O) groups is 2. The van der Waals surface area contributed by atoms with Crippen molar-refractivity contribution in [2.45, 2.75) is 26.4 Å². The van der Waals surface area contributed by atoms with E-state index in [9.17, 15) is 9.59 Å². The van der Waals surface area contributed by atoms with Crippen LogP contribution in [0.4, 0.5) is 5.13 Å². The third-order valence-electron chi connectivity index (χ3n) is 1.73. The minimum Gasteiger partial charge on any atom is -0.457 e. The van der Waals surface area contributed by atoms with Crippen LogP contribution in [0.5, 0.6) is 0 Å². The summed E-state index contributed by atoms with van der Waals surface area (Å²) in [4.78, 5) is 31.4. The van der Waals surface area contributed by atoms with E-state index in [1.54, 1.807) is 26.2 Å². The SMILES string of the molecule is CC(C)(C)OC(=O)CO/N=C(\C(=O)S)c1csc(N)n1. The fourth-order valence-corrected chi connectivity index (χ4v) is 1.82. The van der Waals surface area contributed by atoms with Gasteiger partial charge in [-0.25, -0.2) is 9.78 Å². The number of oxime groups is 1. The minimum atomic E-state index is -0.639. The summed E-state index contributed by atoms with van der Waals surface area (Å²) in [5.74, 6) is -0.593. The van der Waals surface area contributed by atoms with Crippen LogP contribution < -0.4 is 5.73 Å². The van der Waals surface area contributed by atoms with Gasteiger partial charge in [0.25, 0.3) is 0 Å². The second-order valence-corrected chi connectivity index (χ2v) is 5.97. The molecule has 0 radical (unpaired) electrons. The zero-order valence-electron chi connectivity index (χ0n) is 11.2. The highest BCUT2D eigenvalue weighted by molar-refractivity contribution is 7.99. The van der Waals surface area contributed by atoms with E-state index in [0.29, 0.717) is 0 Å². The van der Waals surface area contributed by atoms with Crippen LogP contribution in [0, 0.1) is 0 Å². The molecule has 0 spiro atoms. The summed E-state index contributed by atoms with van der Waals surface area (Å²) in [6.07, 6.45) is 0. The van der Waals surface area contributed by atoms with Gasteiger partial charge in [-0.15, -0.1) is 11.3 Å². The lowest BCUT2D eigenvalue weighted by Crippen LogP contribution is -2.26. The van der Waals surface area contributed by atoms with Gasteiger partial charge in [0.15, 0.2) is 10.8 Å². The average Bonchev–Trinajstić information content (AvgIpc) is 2.68. The molecule has 0 saturated carbocycles. The first-order valence-corrected chi connectivity index (χ1v) is 6.88. The Hall–Kier alpha value is -1.61. The Morgan fingerprint density at radius 3 is 2.60 bits per heavy atom. The lowest BCUT2D eigenvalue weighted by atomic mass is 10.2. The van der Waals surface area contributed by atoms with E-state index in [4.69, 9.17) is 15.3 Å². The summed E-state index contributed by atoms with van der Waals surface area (Å²) < 4.78 is 5.02. The molecule has 1 aromatic rings. The van der Waals surface area contributed by atoms with Crippen molar-refractivity contribution in [3.05, 3.63) is 11.1 Å². The molecule has 0 fully saturated rings. The molecule has 0 unspecified atom stereocenters. The number of aromatic nitrogens is 1. The number of carbonyl (C=O) groups excluding carboxylic acids is 2. The maximum absolute atomic E-state index is 11.4. The second kappa shape index (κ2) is 6.71. The van der Waals surface area contributed by atoms with E-state index in [-0.39, 0.29) is 16.5 Å². The molecule has 9 heteroatoms. The molecule has 110 valence electrons. The van der Waals surface area contributed by atoms with Crippen molar-refractivity contribution < 1.29 is 19.2 Å². The van der Waals surface area contributed by atoms with E-state index in [1.165, 1.54) is 0 Å².